The molecule has 2 aliphatic carbocycles. The van der Waals surface area contributed by atoms with E-state index in [0.717, 1.165) is 68.2 Å². The number of methoxy groups -OCH3 is 2. The van der Waals surface area contributed by atoms with Gasteiger partial charge in [0.2, 0.25) is 0 Å². The zero-order chi connectivity index (χ0) is 21.5. The second kappa shape index (κ2) is 10.7. The molecule has 8 heteroatoms. The third kappa shape index (κ3) is 6.17. The topological polar surface area (TPSA) is 123 Å². The van der Waals surface area contributed by atoms with Gasteiger partial charge in [-0.2, -0.15) is 0 Å². The standard InChI is InChI=1S/C16H21N3O3.C6H13NO/c1-21-14-7-12-13(8-15(14)22-2)19-16(9-17-12)18-10-3-5-11(20)6-4-10;7-5-1-3-6(8)4-2-5/h7-11,20H,3-6H2,1-2H3,(H,18,19);5-6,8H,1-4,7H2. The molecular formula is C22H34N4O4. The third-order valence-electron chi connectivity index (χ3n) is 5.84. The van der Waals surface area contributed by atoms with Crippen molar-refractivity contribution in [2.45, 2.75) is 75.7 Å². The van der Waals surface area contributed by atoms with Crippen LogP contribution in [0.3, 0.4) is 0 Å². The number of aliphatic hydroxyl groups is 2. The zero-order valence-electron chi connectivity index (χ0n) is 17.9. The van der Waals surface area contributed by atoms with Crippen molar-refractivity contribution in [3.05, 3.63) is 18.3 Å². The lowest BCUT2D eigenvalue weighted by atomic mass is 9.93. The number of hydrogen-bond donors (Lipinski definition) is 4. The van der Waals surface area contributed by atoms with Gasteiger partial charge in [-0.1, -0.05) is 0 Å². The Labute approximate surface area is 177 Å². The molecule has 1 aromatic heterocycles. The molecule has 5 N–H and O–H groups in total. The Balaban J connectivity index is 0.000000269. The largest absolute Gasteiger partial charge is 0.493 e. The van der Waals surface area contributed by atoms with Gasteiger partial charge in [-0.25, -0.2) is 4.98 Å². The average molecular weight is 419 g/mol. The molecule has 0 bridgehead atoms. The Morgan fingerprint density at radius 1 is 0.867 bits per heavy atom. The van der Waals surface area contributed by atoms with E-state index < -0.39 is 0 Å². The molecule has 30 heavy (non-hydrogen) atoms. The summed E-state index contributed by atoms with van der Waals surface area (Å²) in [5, 5.41) is 21.9. The number of anilines is 1. The molecule has 1 heterocycles. The zero-order valence-corrected chi connectivity index (χ0v) is 17.9. The summed E-state index contributed by atoms with van der Waals surface area (Å²) in [6.07, 6.45) is 8.91. The fourth-order valence-electron chi connectivity index (χ4n) is 3.94. The highest BCUT2D eigenvalue weighted by Gasteiger charge is 2.20. The van der Waals surface area contributed by atoms with Crippen LogP contribution in [0.5, 0.6) is 11.5 Å². The smallest absolute Gasteiger partial charge is 0.163 e. The molecule has 0 amide bonds. The molecule has 4 rings (SSSR count). The van der Waals surface area contributed by atoms with Crippen LogP contribution in [0, 0.1) is 0 Å². The molecule has 0 atom stereocenters. The lowest BCUT2D eigenvalue weighted by Crippen LogP contribution is -2.28. The molecule has 166 valence electrons. The highest BCUT2D eigenvalue weighted by molar-refractivity contribution is 5.80. The number of fused-ring (bicyclic) bond motifs is 1. The van der Waals surface area contributed by atoms with Gasteiger partial charge < -0.3 is 30.7 Å². The monoisotopic (exact) mass is 418 g/mol. The highest BCUT2D eigenvalue weighted by Crippen LogP contribution is 2.31. The molecule has 2 saturated carbocycles. The maximum atomic E-state index is 9.56. The molecule has 0 aliphatic heterocycles. The van der Waals surface area contributed by atoms with Crippen LogP contribution >= 0.6 is 0 Å². The number of ether oxygens (including phenoxy) is 2. The Morgan fingerprint density at radius 2 is 1.40 bits per heavy atom. The molecule has 0 spiro atoms. The maximum absolute atomic E-state index is 9.56. The number of nitrogens with zero attached hydrogens (tertiary/aromatic N) is 2. The Morgan fingerprint density at radius 3 is 1.93 bits per heavy atom. The summed E-state index contributed by atoms with van der Waals surface area (Å²) in [6, 6.07) is 4.35. The quantitative estimate of drug-likeness (QED) is 0.598. The summed E-state index contributed by atoms with van der Waals surface area (Å²) >= 11 is 0. The Bertz CT molecular complexity index is 793. The van der Waals surface area contributed by atoms with Gasteiger partial charge in [-0.3, -0.25) is 4.98 Å². The van der Waals surface area contributed by atoms with Crippen LogP contribution < -0.4 is 20.5 Å². The van der Waals surface area contributed by atoms with E-state index >= 15 is 0 Å². The number of hydrogen-bond acceptors (Lipinski definition) is 8. The fraction of sp³-hybridized carbons (Fsp3) is 0.636. The first kappa shape index (κ1) is 22.5. The van der Waals surface area contributed by atoms with Crippen molar-refractivity contribution >= 4 is 16.9 Å². The van der Waals surface area contributed by atoms with Crippen molar-refractivity contribution in [2.24, 2.45) is 5.73 Å². The molecule has 2 aromatic rings. The minimum absolute atomic E-state index is 0.0604. The lowest BCUT2D eigenvalue weighted by molar-refractivity contribution is 0.123. The van der Waals surface area contributed by atoms with Crippen LogP contribution in [-0.2, 0) is 0 Å². The van der Waals surface area contributed by atoms with Crippen molar-refractivity contribution < 1.29 is 19.7 Å². The van der Waals surface area contributed by atoms with Gasteiger partial charge in [0, 0.05) is 24.2 Å². The first-order chi connectivity index (χ1) is 14.5. The average Bonchev–Trinajstić information content (AvgIpc) is 2.77. The van der Waals surface area contributed by atoms with Gasteiger partial charge in [-0.15, -0.1) is 0 Å². The Hall–Kier alpha value is -2.16. The van der Waals surface area contributed by atoms with Crippen LogP contribution in [0.25, 0.3) is 11.0 Å². The summed E-state index contributed by atoms with van der Waals surface area (Å²) in [5.41, 5.74) is 7.11. The van der Waals surface area contributed by atoms with E-state index in [1.165, 1.54) is 0 Å². The minimum Gasteiger partial charge on any atom is -0.493 e. The van der Waals surface area contributed by atoms with Gasteiger partial charge in [0.05, 0.1) is 43.7 Å². The highest BCUT2D eigenvalue weighted by atomic mass is 16.5. The van der Waals surface area contributed by atoms with E-state index in [1.807, 2.05) is 12.1 Å². The van der Waals surface area contributed by atoms with Gasteiger partial charge in [0.25, 0.3) is 0 Å². The third-order valence-corrected chi connectivity index (χ3v) is 5.84. The van der Waals surface area contributed by atoms with Crippen LogP contribution in [0.4, 0.5) is 5.82 Å². The lowest BCUT2D eigenvalue weighted by Gasteiger charge is -2.26. The predicted octanol–water partition coefficient (Wildman–Crippen LogP) is 2.61. The van der Waals surface area contributed by atoms with Gasteiger partial charge in [0.15, 0.2) is 11.5 Å². The van der Waals surface area contributed by atoms with Crippen molar-refractivity contribution in [3.63, 3.8) is 0 Å². The van der Waals surface area contributed by atoms with Crippen LogP contribution in [0.15, 0.2) is 18.3 Å². The molecule has 1 aromatic carbocycles. The van der Waals surface area contributed by atoms with Crippen molar-refractivity contribution in [1.82, 2.24) is 9.97 Å². The fourth-order valence-corrected chi connectivity index (χ4v) is 3.94. The van der Waals surface area contributed by atoms with E-state index in [4.69, 9.17) is 20.3 Å². The molecule has 0 unspecified atom stereocenters. The van der Waals surface area contributed by atoms with Gasteiger partial charge in [-0.05, 0) is 51.4 Å². The van der Waals surface area contributed by atoms with E-state index in [-0.39, 0.29) is 12.2 Å². The summed E-state index contributed by atoms with van der Waals surface area (Å²) in [5.74, 6) is 2.04. The molecule has 8 nitrogen and oxygen atoms in total. The van der Waals surface area contributed by atoms with Crippen molar-refractivity contribution in [3.8, 4) is 11.5 Å². The number of aromatic nitrogens is 2. The number of aliphatic hydroxyl groups excluding tert-OH is 2. The van der Waals surface area contributed by atoms with E-state index in [2.05, 4.69) is 15.3 Å². The molecule has 2 aliphatic rings. The molecule has 0 radical (unpaired) electrons. The molecule has 0 saturated heterocycles. The van der Waals surface area contributed by atoms with E-state index in [9.17, 15) is 5.11 Å². The van der Waals surface area contributed by atoms with Crippen LogP contribution in [0.2, 0.25) is 0 Å². The predicted molar refractivity (Wildman–Crippen MR) is 117 cm³/mol. The second-order valence-electron chi connectivity index (χ2n) is 8.17. The number of nitrogens with two attached hydrogens (primary N) is 1. The normalized spacial score (nSPS) is 26.4. The summed E-state index contributed by atoms with van der Waals surface area (Å²) < 4.78 is 10.6. The van der Waals surface area contributed by atoms with Gasteiger partial charge in [0.1, 0.15) is 5.82 Å². The first-order valence-corrected chi connectivity index (χ1v) is 10.8. The van der Waals surface area contributed by atoms with Crippen molar-refractivity contribution in [1.29, 1.82) is 0 Å². The van der Waals surface area contributed by atoms with E-state index in [1.54, 1.807) is 20.4 Å². The maximum Gasteiger partial charge on any atom is 0.163 e. The van der Waals surface area contributed by atoms with Crippen LogP contribution in [-0.4, -0.2) is 58.7 Å². The second-order valence-corrected chi connectivity index (χ2v) is 8.17. The Kier molecular flexibility index (Phi) is 8.07. The molecule has 2 fully saturated rings. The number of nitrogens with one attached hydrogen (secondary N) is 1. The number of benzene rings is 1. The van der Waals surface area contributed by atoms with Crippen LogP contribution in [0.1, 0.15) is 51.4 Å². The number of rotatable bonds is 4. The summed E-state index contributed by atoms with van der Waals surface area (Å²) in [4.78, 5) is 9.04. The van der Waals surface area contributed by atoms with Crippen molar-refractivity contribution in [2.75, 3.05) is 19.5 Å². The molecular weight excluding hydrogens is 384 g/mol. The summed E-state index contributed by atoms with van der Waals surface area (Å²) in [7, 11) is 3.21. The minimum atomic E-state index is -0.155. The van der Waals surface area contributed by atoms with Gasteiger partial charge >= 0.3 is 0 Å². The van der Waals surface area contributed by atoms with E-state index in [0.29, 0.717) is 23.6 Å². The first-order valence-electron chi connectivity index (χ1n) is 10.8. The SMILES string of the molecule is COc1cc2ncc(NC3CCC(O)CC3)nc2cc1OC.NC1CCC(O)CC1. The summed E-state index contributed by atoms with van der Waals surface area (Å²) in [6.45, 7) is 0.